The molecule has 0 saturated heterocycles. The monoisotopic (exact) mass is 567 g/mol. The Morgan fingerprint density at radius 3 is 1.32 bits per heavy atom. The van der Waals surface area contributed by atoms with Crippen LogP contribution in [0.5, 0.6) is 0 Å². The minimum atomic E-state index is -1.34. The Balaban J connectivity index is 5.16. The maximum absolute atomic E-state index is 12.5. The molecule has 0 fully saturated rings. The van der Waals surface area contributed by atoms with E-state index in [0.29, 0.717) is 25.7 Å². The van der Waals surface area contributed by atoms with Crippen molar-refractivity contribution in [2.24, 2.45) is 0 Å². The number of carbonyl (C=O) groups is 3. The summed E-state index contributed by atoms with van der Waals surface area (Å²) >= 11 is 0. The summed E-state index contributed by atoms with van der Waals surface area (Å²) in [5.74, 6) is -3.57. The Labute approximate surface area is 245 Å². The van der Waals surface area contributed by atoms with Crippen LogP contribution in [0.2, 0.25) is 0 Å². The molecule has 234 valence electrons. The highest BCUT2D eigenvalue weighted by Crippen LogP contribution is 2.34. The van der Waals surface area contributed by atoms with Crippen LogP contribution in [-0.4, -0.2) is 57.3 Å². The van der Waals surface area contributed by atoms with Gasteiger partial charge in [0.2, 0.25) is 0 Å². The van der Waals surface area contributed by atoms with E-state index in [1.807, 2.05) is 20.8 Å². The summed E-state index contributed by atoms with van der Waals surface area (Å²) in [6.07, 6.45) is 22.9. The highest BCUT2D eigenvalue weighted by Gasteiger charge is 2.54. The van der Waals surface area contributed by atoms with Gasteiger partial charge >= 0.3 is 11.9 Å². The van der Waals surface area contributed by atoms with Crippen LogP contribution in [0, 0.1) is 0 Å². The van der Waals surface area contributed by atoms with Gasteiger partial charge in [0.25, 0.3) is 0 Å². The standard InChI is InChI=1S/C33H61NO6/c1-5-9-10-11-12-13-14-15-16-17-18-19-20-21-22-23-27-34(28(24-6-2)31(35)36,29(25-7-3)32(37)38)30(26-8-4)33(39)40/h17-18,28-30H,5-16,19-27H2,1-4H3,(H2-,35,36,37,38,39,40)/b18-17+. The van der Waals surface area contributed by atoms with Gasteiger partial charge in [0.05, 0.1) is 12.5 Å². The van der Waals surface area contributed by atoms with Gasteiger partial charge in [-0.3, -0.25) is 4.48 Å². The molecule has 40 heavy (non-hydrogen) atoms. The number of carboxylic acid groups (broad SMARTS) is 3. The zero-order valence-electron chi connectivity index (χ0n) is 26.2. The molecule has 2 N–H and O–H groups in total. The minimum absolute atomic E-state index is 0.201. The van der Waals surface area contributed by atoms with Gasteiger partial charge in [-0.2, -0.15) is 0 Å². The van der Waals surface area contributed by atoms with E-state index in [1.165, 1.54) is 51.4 Å². The van der Waals surface area contributed by atoms with Crippen LogP contribution in [0.1, 0.15) is 156 Å². The summed E-state index contributed by atoms with van der Waals surface area (Å²) in [5.41, 5.74) is 0. The van der Waals surface area contributed by atoms with Crippen molar-refractivity contribution >= 4 is 17.9 Å². The molecule has 0 aliphatic heterocycles. The lowest BCUT2D eigenvalue weighted by atomic mass is 9.91. The largest absolute Gasteiger partial charge is 0.544 e. The molecule has 3 unspecified atom stereocenters. The first-order valence-electron chi connectivity index (χ1n) is 16.4. The van der Waals surface area contributed by atoms with Crippen LogP contribution in [0.15, 0.2) is 12.2 Å². The summed E-state index contributed by atoms with van der Waals surface area (Å²) in [6.45, 7) is 8.03. The van der Waals surface area contributed by atoms with Crippen LogP contribution >= 0.6 is 0 Å². The SMILES string of the molecule is CCCCCCCCCC/C=C/CCCCCC[N+](C(CCC)C(=O)[O-])(C(CCC)C(=O)O)C(CCC)C(=O)O. The van der Waals surface area contributed by atoms with Crippen LogP contribution in [0.4, 0.5) is 0 Å². The molecule has 3 atom stereocenters. The maximum Gasteiger partial charge on any atom is 0.362 e. The molecule has 0 amide bonds. The number of aliphatic carboxylic acids is 3. The Kier molecular flexibility index (Phi) is 22.7. The van der Waals surface area contributed by atoms with Gasteiger partial charge in [-0.05, 0) is 51.4 Å². The van der Waals surface area contributed by atoms with E-state index in [4.69, 9.17) is 0 Å². The molecule has 0 aliphatic rings. The third-order valence-electron chi connectivity index (χ3n) is 8.33. The Hall–Kier alpha value is -1.89. The fourth-order valence-electron chi connectivity index (χ4n) is 6.27. The predicted molar refractivity (Wildman–Crippen MR) is 161 cm³/mol. The van der Waals surface area contributed by atoms with E-state index in [9.17, 15) is 29.7 Å². The first kappa shape index (κ1) is 38.1. The predicted octanol–water partition coefficient (Wildman–Crippen LogP) is 7.27. The first-order valence-corrected chi connectivity index (χ1v) is 16.4. The van der Waals surface area contributed by atoms with Gasteiger partial charge in [0.15, 0.2) is 12.1 Å². The molecule has 0 aromatic heterocycles. The number of quaternary nitrogens is 1. The number of unbranched alkanes of at least 4 members (excludes halogenated alkanes) is 12. The zero-order chi connectivity index (χ0) is 30.2. The maximum atomic E-state index is 12.5. The van der Waals surface area contributed by atoms with Crippen LogP contribution in [0.25, 0.3) is 0 Å². The summed E-state index contributed by atoms with van der Waals surface area (Å²) in [4.78, 5) is 37.5. The smallest absolute Gasteiger partial charge is 0.362 e. The first-order chi connectivity index (χ1) is 19.2. The second kappa shape index (κ2) is 23.8. The quantitative estimate of drug-likeness (QED) is 0.0584. The van der Waals surface area contributed by atoms with Crippen molar-refractivity contribution in [1.82, 2.24) is 0 Å². The third kappa shape index (κ3) is 14.1. The fourth-order valence-corrected chi connectivity index (χ4v) is 6.27. The highest BCUT2D eigenvalue weighted by molar-refractivity contribution is 5.77. The highest BCUT2D eigenvalue weighted by atomic mass is 16.4. The Bertz CT molecular complexity index is 647. The fraction of sp³-hybridized carbons (Fsp3) is 0.848. The topological polar surface area (TPSA) is 115 Å². The van der Waals surface area contributed by atoms with Crippen LogP contribution < -0.4 is 5.11 Å². The van der Waals surface area contributed by atoms with Crippen molar-refractivity contribution in [3.05, 3.63) is 12.2 Å². The number of hydrogen-bond donors (Lipinski definition) is 2. The number of carboxylic acids is 3. The molecule has 7 nitrogen and oxygen atoms in total. The minimum Gasteiger partial charge on any atom is -0.544 e. The van der Waals surface area contributed by atoms with Gasteiger partial charge < -0.3 is 20.1 Å². The van der Waals surface area contributed by atoms with Crippen molar-refractivity contribution < 1.29 is 34.2 Å². The Morgan fingerprint density at radius 2 is 0.950 bits per heavy atom. The van der Waals surface area contributed by atoms with Crippen molar-refractivity contribution in [3.8, 4) is 0 Å². The van der Waals surface area contributed by atoms with E-state index >= 15 is 0 Å². The number of hydrogen-bond acceptors (Lipinski definition) is 4. The molecule has 0 radical (unpaired) electrons. The lowest BCUT2D eigenvalue weighted by Gasteiger charge is -2.52. The summed E-state index contributed by atoms with van der Waals surface area (Å²) in [6, 6.07) is -3.35. The molecule has 0 saturated carbocycles. The van der Waals surface area contributed by atoms with Crippen molar-refractivity contribution in [3.63, 3.8) is 0 Å². The molecule has 0 aromatic carbocycles. The summed E-state index contributed by atoms with van der Waals surface area (Å²) in [7, 11) is 0. The van der Waals surface area contributed by atoms with E-state index in [-0.39, 0.29) is 25.8 Å². The molecule has 0 rings (SSSR count). The molecule has 0 heterocycles. The average Bonchev–Trinajstić information content (AvgIpc) is 2.91. The second-order valence-corrected chi connectivity index (χ2v) is 11.6. The van der Waals surface area contributed by atoms with Gasteiger partial charge in [-0.1, -0.05) is 97.6 Å². The van der Waals surface area contributed by atoms with E-state index in [0.717, 1.165) is 32.1 Å². The Morgan fingerprint density at radius 1 is 0.575 bits per heavy atom. The number of nitrogens with zero attached hydrogens (tertiary/aromatic N) is 1. The summed E-state index contributed by atoms with van der Waals surface area (Å²) in [5, 5.41) is 32.9. The van der Waals surface area contributed by atoms with Gasteiger partial charge in [-0.25, -0.2) is 9.59 Å². The van der Waals surface area contributed by atoms with E-state index in [1.54, 1.807) is 0 Å². The van der Waals surface area contributed by atoms with E-state index < -0.39 is 40.5 Å². The van der Waals surface area contributed by atoms with Crippen molar-refractivity contribution in [1.29, 1.82) is 0 Å². The van der Waals surface area contributed by atoms with Gasteiger partial charge in [0.1, 0.15) is 6.04 Å². The number of allylic oxidation sites excluding steroid dienone is 2. The summed E-state index contributed by atoms with van der Waals surface area (Å²) < 4.78 is -0.443. The molecule has 0 spiro atoms. The average molecular weight is 568 g/mol. The molecule has 7 heteroatoms. The zero-order valence-corrected chi connectivity index (χ0v) is 26.2. The van der Waals surface area contributed by atoms with Crippen LogP contribution in [-0.2, 0) is 14.4 Å². The van der Waals surface area contributed by atoms with Gasteiger partial charge in [0, 0.05) is 19.3 Å². The molecular weight excluding hydrogens is 506 g/mol. The lowest BCUT2D eigenvalue weighted by molar-refractivity contribution is -0.975. The third-order valence-corrected chi connectivity index (χ3v) is 8.33. The molecule has 0 bridgehead atoms. The van der Waals surface area contributed by atoms with Crippen molar-refractivity contribution in [2.75, 3.05) is 6.54 Å². The van der Waals surface area contributed by atoms with Crippen molar-refractivity contribution in [2.45, 2.75) is 174 Å². The van der Waals surface area contributed by atoms with E-state index in [2.05, 4.69) is 19.1 Å². The molecule has 0 aromatic rings. The molecular formula is C33H61NO6. The van der Waals surface area contributed by atoms with Crippen LogP contribution in [0.3, 0.4) is 0 Å². The number of carbonyl (C=O) groups excluding carboxylic acids is 1. The molecule has 0 aliphatic carbocycles. The normalized spacial score (nSPS) is 15.5. The lowest BCUT2D eigenvalue weighted by Crippen LogP contribution is -2.74. The number of rotatable bonds is 28. The van der Waals surface area contributed by atoms with Gasteiger partial charge in [-0.15, -0.1) is 0 Å². The second-order valence-electron chi connectivity index (χ2n) is 11.6.